The summed E-state index contributed by atoms with van der Waals surface area (Å²) in [4.78, 5) is 16.1. The van der Waals surface area contributed by atoms with Gasteiger partial charge in [0.05, 0.1) is 5.69 Å². The van der Waals surface area contributed by atoms with E-state index in [1.807, 2.05) is 18.2 Å². The van der Waals surface area contributed by atoms with Crippen molar-refractivity contribution in [1.29, 1.82) is 0 Å². The zero-order valence-corrected chi connectivity index (χ0v) is 14.8. The Kier molecular flexibility index (Phi) is 5.04. The maximum atomic E-state index is 11.9. The summed E-state index contributed by atoms with van der Waals surface area (Å²) in [6, 6.07) is 12.5. The van der Waals surface area contributed by atoms with Crippen LogP contribution in [0.5, 0.6) is 5.75 Å². The minimum Gasteiger partial charge on any atom is -0.508 e. The van der Waals surface area contributed by atoms with Gasteiger partial charge in [-0.1, -0.05) is 41.9 Å². The molecule has 0 spiro atoms. The molecule has 1 amide bonds. The molecule has 132 valence electrons. The highest BCUT2D eigenvalue weighted by atomic mass is 35.5. The normalized spacial score (nSPS) is 11.2. The van der Waals surface area contributed by atoms with E-state index in [2.05, 4.69) is 15.2 Å². The number of aliphatic imine (C=N–C) groups is 1. The number of phenolic OH excluding ortho intramolecular Hbond substituents is 1. The molecular weight excluding hydrogens is 352 g/mol. The van der Waals surface area contributed by atoms with Crippen LogP contribution in [0.3, 0.4) is 0 Å². The number of aromatic hydroxyl groups is 1. The zero-order valence-electron chi connectivity index (χ0n) is 14.0. The van der Waals surface area contributed by atoms with Crippen LogP contribution in [0, 0.1) is 6.92 Å². The molecule has 2 aromatic carbocycles. The number of hydrogen-bond acceptors (Lipinski definition) is 4. The van der Waals surface area contributed by atoms with Crippen molar-refractivity contribution in [2.45, 2.75) is 13.3 Å². The molecule has 0 aliphatic carbocycles. The number of carbonyl (C=O) groups excluding carboxylic acids is 1. The Labute approximate surface area is 155 Å². The number of aromatic amines is 1. The molecule has 0 atom stereocenters. The number of hydrogen-bond donors (Lipinski definition) is 3. The monoisotopic (exact) mass is 368 g/mol. The number of H-pyrrole nitrogens is 1. The molecule has 0 bridgehead atoms. The summed E-state index contributed by atoms with van der Waals surface area (Å²) in [6.45, 7) is 1.80. The number of primary amides is 1. The summed E-state index contributed by atoms with van der Waals surface area (Å²) in [5.41, 5.74) is 8.58. The molecule has 4 N–H and O–H groups in total. The summed E-state index contributed by atoms with van der Waals surface area (Å²) < 4.78 is 0. The molecule has 1 aromatic heterocycles. The molecule has 3 aromatic rings. The van der Waals surface area contributed by atoms with E-state index in [1.54, 1.807) is 31.2 Å². The van der Waals surface area contributed by atoms with Crippen LogP contribution in [0.4, 0.5) is 5.82 Å². The van der Waals surface area contributed by atoms with Gasteiger partial charge in [-0.25, -0.2) is 4.99 Å². The number of nitrogens with one attached hydrogen (secondary N) is 1. The molecule has 0 saturated heterocycles. The lowest BCUT2D eigenvalue weighted by Crippen LogP contribution is -2.13. The lowest BCUT2D eigenvalue weighted by atomic mass is 10.1. The summed E-state index contributed by atoms with van der Waals surface area (Å²) in [6.07, 6.45) is 1.90. The predicted octanol–water partition coefficient (Wildman–Crippen LogP) is 3.52. The molecule has 0 fully saturated rings. The van der Waals surface area contributed by atoms with Crippen LogP contribution in [0.25, 0.3) is 0 Å². The fourth-order valence-corrected chi connectivity index (χ4v) is 2.72. The first kappa shape index (κ1) is 17.7. The third-order valence-electron chi connectivity index (χ3n) is 3.96. The molecular formula is C19H17ClN4O2. The summed E-state index contributed by atoms with van der Waals surface area (Å²) in [5.74, 6) is -0.259. The highest BCUT2D eigenvalue weighted by Crippen LogP contribution is 2.25. The summed E-state index contributed by atoms with van der Waals surface area (Å²) >= 11 is 6.18. The quantitative estimate of drug-likeness (QED) is 0.600. The van der Waals surface area contributed by atoms with Crippen molar-refractivity contribution >= 4 is 29.5 Å². The van der Waals surface area contributed by atoms with Crippen molar-refractivity contribution in [3.8, 4) is 5.75 Å². The molecule has 0 aliphatic rings. The Balaban J connectivity index is 1.92. The fourth-order valence-electron chi connectivity index (χ4n) is 2.52. The van der Waals surface area contributed by atoms with Gasteiger partial charge < -0.3 is 10.8 Å². The Morgan fingerprint density at radius 3 is 2.81 bits per heavy atom. The number of aryl methyl sites for hydroxylation is 1. The van der Waals surface area contributed by atoms with Crippen molar-refractivity contribution in [3.63, 3.8) is 0 Å². The second kappa shape index (κ2) is 7.41. The van der Waals surface area contributed by atoms with Gasteiger partial charge in [-0.3, -0.25) is 9.89 Å². The van der Waals surface area contributed by atoms with E-state index in [0.29, 0.717) is 22.7 Å². The number of nitrogens with zero attached hydrogens (tertiary/aromatic N) is 2. The molecule has 0 radical (unpaired) electrons. The molecule has 0 aliphatic heterocycles. The fraction of sp³-hybridized carbons (Fsp3) is 0.105. The number of benzene rings is 2. The van der Waals surface area contributed by atoms with Gasteiger partial charge in [-0.15, -0.1) is 0 Å². The van der Waals surface area contributed by atoms with Crippen molar-refractivity contribution in [3.05, 3.63) is 75.4 Å². The number of rotatable bonds is 5. The Morgan fingerprint density at radius 1 is 1.35 bits per heavy atom. The molecule has 26 heavy (non-hydrogen) atoms. The third kappa shape index (κ3) is 3.75. The van der Waals surface area contributed by atoms with E-state index in [9.17, 15) is 9.90 Å². The van der Waals surface area contributed by atoms with E-state index in [1.165, 1.54) is 6.21 Å². The van der Waals surface area contributed by atoms with Crippen LogP contribution in [0.2, 0.25) is 5.02 Å². The number of nitrogens with two attached hydrogens (primary N) is 1. The highest BCUT2D eigenvalue weighted by Gasteiger charge is 2.18. The van der Waals surface area contributed by atoms with Gasteiger partial charge in [-0.05, 0) is 35.7 Å². The number of carbonyl (C=O) groups is 1. The van der Waals surface area contributed by atoms with E-state index in [4.69, 9.17) is 17.3 Å². The van der Waals surface area contributed by atoms with Gasteiger partial charge >= 0.3 is 0 Å². The Hall–Kier alpha value is -3.12. The Bertz CT molecular complexity index is 995. The van der Waals surface area contributed by atoms with Crippen LogP contribution >= 0.6 is 11.6 Å². The van der Waals surface area contributed by atoms with Crippen LogP contribution in [0.1, 0.15) is 32.7 Å². The molecule has 7 heteroatoms. The van der Waals surface area contributed by atoms with Crippen molar-refractivity contribution < 1.29 is 9.90 Å². The van der Waals surface area contributed by atoms with Crippen LogP contribution in [-0.4, -0.2) is 27.4 Å². The average Bonchev–Trinajstić information content (AvgIpc) is 3.01. The van der Waals surface area contributed by atoms with Crippen molar-refractivity contribution in [2.75, 3.05) is 0 Å². The minimum absolute atomic E-state index is 0.172. The van der Waals surface area contributed by atoms with Gasteiger partial charge in [0, 0.05) is 17.7 Å². The standard InChI is InChI=1S/C19H17ClN4O2/c1-11-6-7-12(8-16(11)25)10-22-19-17(18(21)26)15(23-24-19)9-13-4-2-3-5-14(13)20/h2-8,10,25H,9H2,1H3,(H2,21,26)(H,23,24). The van der Waals surface area contributed by atoms with Crippen LogP contribution in [-0.2, 0) is 6.42 Å². The molecule has 0 unspecified atom stereocenters. The predicted molar refractivity (Wildman–Crippen MR) is 101 cm³/mol. The summed E-state index contributed by atoms with van der Waals surface area (Å²) in [7, 11) is 0. The second-order valence-corrected chi connectivity index (χ2v) is 6.24. The molecule has 3 rings (SSSR count). The smallest absolute Gasteiger partial charge is 0.254 e. The maximum Gasteiger partial charge on any atom is 0.254 e. The minimum atomic E-state index is -0.625. The van der Waals surface area contributed by atoms with Gasteiger partial charge in [-0.2, -0.15) is 5.10 Å². The van der Waals surface area contributed by atoms with E-state index < -0.39 is 5.91 Å². The van der Waals surface area contributed by atoms with Gasteiger partial charge in [0.25, 0.3) is 5.91 Å². The van der Waals surface area contributed by atoms with Crippen LogP contribution < -0.4 is 5.73 Å². The van der Waals surface area contributed by atoms with Gasteiger partial charge in [0.2, 0.25) is 0 Å². The largest absolute Gasteiger partial charge is 0.508 e. The third-order valence-corrected chi connectivity index (χ3v) is 4.33. The van der Waals surface area contributed by atoms with Gasteiger partial charge in [0.1, 0.15) is 11.3 Å². The van der Waals surface area contributed by atoms with Crippen molar-refractivity contribution in [1.82, 2.24) is 10.2 Å². The Morgan fingerprint density at radius 2 is 2.12 bits per heavy atom. The van der Waals surface area contributed by atoms with Crippen molar-refractivity contribution in [2.24, 2.45) is 10.7 Å². The first-order chi connectivity index (χ1) is 12.5. The molecule has 0 saturated carbocycles. The lowest BCUT2D eigenvalue weighted by Gasteiger charge is -2.03. The van der Waals surface area contributed by atoms with Gasteiger partial charge in [0.15, 0.2) is 5.82 Å². The summed E-state index contributed by atoms with van der Waals surface area (Å²) in [5, 5.41) is 17.3. The molecule has 1 heterocycles. The van der Waals surface area contributed by atoms with E-state index in [-0.39, 0.29) is 17.1 Å². The van der Waals surface area contributed by atoms with E-state index >= 15 is 0 Å². The lowest BCUT2D eigenvalue weighted by molar-refractivity contribution is 0.100. The van der Waals surface area contributed by atoms with E-state index in [0.717, 1.165) is 11.1 Å². The SMILES string of the molecule is Cc1ccc(C=Nc2n[nH]c(Cc3ccccc3Cl)c2C(N)=O)cc1O. The first-order valence-corrected chi connectivity index (χ1v) is 8.27. The zero-order chi connectivity index (χ0) is 18.7. The average molecular weight is 369 g/mol. The highest BCUT2D eigenvalue weighted by molar-refractivity contribution is 6.31. The first-order valence-electron chi connectivity index (χ1n) is 7.90. The van der Waals surface area contributed by atoms with Crippen LogP contribution in [0.15, 0.2) is 47.5 Å². The number of halogens is 1. The number of amides is 1. The second-order valence-electron chi connectivity index (χ2n) is 5.84. The molecule has 6 nitrogen and oxygen atoms in total. The topological polar surface area (TPSA) is 104 Å². The maximum absolute atomic E-state index is 11.9. The number of aromatic nitrogens is 2. The number of phenols is 1.